The fourth-order valence-electron chi connectivity index (χ4n) is 4.02. The fourth-order valence-corrected chi connectivity index (χ4v) is 4.02. The number of carbonyl (C=O) groups is 1. The highest BCUT2D eigenvalue weighted by molar-refractivity contribution is 5.85. The number of allylic oxidation sites excluding steroid dienone is 1. The van der Waals surface area contributed by atoms with Crippen LogP contribution in [0, 0.1) is 11.3 Å². The Balaban J connectivity index is 1.53. The highest BCUT2D eigenvalue weighted by atomic mass is 16.5. The molecule has 0 radical (unpaired) electrons. The number of hydrogen-bond acceptors (Lipinski definition) is 9. The molecule has 1 atom stereocenters. The Bertz CT molecular complexity index is 1320. The highest BCUT2D eigenvalue weighted by Crippen LogP contribution is 2.36. The van der Waals surface area contributed by atoms with E-state index in [9.17, 15) is 10.1 Å². The summed E-state index contributed by atoms with van der Waals surface area (Å²) in [5.74, 6) is 1.22. The second-order valence-corrected chi connectivity index (χ2v) is 8.83. The van der Waals surface area contributed by atoms with Crippen molar-refractivity contribution in [3.63, 3.8) is 0 Å². The third-order valence-electron chi connectivity index (χ3n) is 5.79. The number of esters is 1. The quantitative estimate of drug-likeness (QED) is 0.320. The number of hydrogen-bond donors (Lipinski definition) is 2. The first kappa shape index (κ1) is 25.1. The smallest absolute Gasteiger partial charge is 0.328 e. The minimum atomic E-state index is -0.694. The van der Waals surface area contributed by atoms with Crippen LogP contribution >= 0.6 is 0 Å². The van der Waals surface area contributed by atoms with E-state index < -0.39 is 12.0 Å². The molecule has 186 valence electrons. The third kappa shape index (κ3) is 5.46. The number of ether oxygens (including phenoxy) is 2. The molecule has 1 heterocycles. The maximum absolute atomic E-state index is 12.5. The highest BCUT2D eigenvalue weighted by Gasteiger charge is 2.25. The van der Waals surface area contributed by atoms with Crippen LogP contribution in [-0.2, 0) is 16.0 Å². The van der Waals surface area contributed by atoms with Gasteiger partial charge in [0.1, 0.15) is 23.6 Å². The molecule has 0 aliphatic heterocycles. The van der Waals surface area contributed by atoms with Crippen molar-refractivity contribution in [1.82, 2.24) is 10.1 Å². The average Bonchev–Trinajstić information content (AvgIpc) is 3.52. The van der Waals surface area contributed by atoms with Crippen molar-refractivity contribution in [1.29, 1.82) is 5.26 Å². The van der Waals surface area contributed by atoms with Crippen LogP contribution < -0.4 is 16.2 Å². The molecule has 9 nitrogen and oxygen atoms in total. The summed E-state index contributed by atoms with van der Waals surface area (Å²) in [7, 11) is 0. The number of rotatable bonds is 10. The molecule has 0 fully saturated rings. The summed E-state index contributed by atoms with van der Waals surface area (Å²) in [5, 5.41) is 13.7. The van der Waals surface area contributed by atoms with E-state index in [1.54, 1.807) is 18.2 Å². The number of carbonyl (C=O) groups excluding carboxylic acids is 1. The zero-order valence-corrected chi connectivity index (χ0v) is 20.4. The van der Waals surface area contributed by atoms with Crippen LogP contribution in [0.25, 0.3) is 28.6 Å². The van der Waals surface area contributed by atoms with E-state index in [0.29, 0.717) is 47.8 Å². The van der Waals surface area contributed by atoms with E-state index in [4.69, 9.17) is 25.5 Å². The molecule has 0 bridgehead atoms. The predicted molar refractivity (Wildman–Crippen MR) is 134 cm³/mol. The second kappa shape index (κ2) is 11.2. The summed E-state index contributed by atoms with van der Waals surface area (Å²) in [5.41, 5.74) is 15.0. The maximum Gasteiger partial charge on any atom is 0.328 e. The number of fused-ring (bicyclic) bond motifs is 1. The van der Waals surface area contributed by atoms with Gasteiger partial charge in [-0.25, -0.2) is 4.79 Å². The second-order valence-electron chi connectivity index (χ2n) is 8.83. The fraction of sp³-hybridized carbons (Fsp3) is 0.333. The molecule has 2 aromatic carbocycles. The molecule has 0 saturated carbocycles. The monoisotopic (exact) mass is 487 g/mol. The van der Waals surface area contributed by atoms with Crippen molar-refractivity contribution in [3.8, 4) is 34.7 Å². The van der Waals surface area contributed by atoms with Gasteiger partial charge in [0, 0.05) is 16.7 Å². The van der Waals surface area contributed by atoms with Crippen LogP contribution in [0.2, 0.25) is 0 Å². The molecule has 36 heavy (non-hydrogen) atoms. The maximum atomic E-state index is 12.5. The van der Waals surface area contributed by atoms with Crippen LogP contribution in [-0.4, -0.2) is 34.8 Å². The molecule has 3 aromatic rings. The molecule has 0 amide bonds. The summed E-state index contributed by atoms with van der Waals surface area (Å²) in [4.78, 5) is 17.0. The van der Waals surface area contributed by atoms with Gasteiger partial charge in [-0.15, -0.1) is 0 Å². The first-order valence-corrected chi connectivity index (χ1v) is 12.0. The lowest BCUT2D eigenvalue weighted by Crippen LogP contribution is -2.31. The number of nitrogens with two attached hydrogens (primary N) is 2. The lowest BCUT2D eigenvalue weighted by atomic mass is 10.0. The summed E-state index contributed by atoms with van der Waals surface area (Å²) in [6, 6.07) is 12.3. The topological polar surface area (TPSA) is 150 Å². The molecule has 0 saturated heterocycles. The minimum absolute atomic E-state index is 0.0530. The first-order valence-electron chi connectivity index (χ1n) is 12.0. The van der Waals surface area contributed by atoms with Gasteiger partial charge < -0.3 is 25.5 Å². The van der Waals surface area contributed by atoms with Crippen molar-refractivity contribution in [2.75, 3.05) is 6.54 Å². The molecule has 1 aliphatic carbocycles. The SMILES string of the molecule is CC(C)Oc1ccc(-c2nc(-c3cccc4c3CC=C4OC(=O)C(N)CCCCN)no2)cc1C#N. The van der Waals surface area contributed by atoms with Gasteiger partial charge in [0.25, 0.3) is 5.89 Å². The molecular formula is C27H29N5O4. The van der Waals surface area contributed by atoms with E-state index in [0.717, 1.165) is 29.5 Å². The number of aromatic nitrogens is 2. The van der Waals surface area contributed by atoms with E-state index in [1.165, 1.54) is 0 Å². The Kier molecular flexibility index (Phi) is 7.78. The Hall–Kier alpha value is -4.00. The van der Waals surface area contributed by atoms with Gasteiger partial charge >= 0.3 is 5.97 Å². The Morgan fingerprint density at radius 3 is 2.78 bits per heavy atom. The summed E-state index contributed by atoms with van der Waals surface area (Å²) in [6.45, 7) is 4.37. The van der Waals surface area contributed by atoms with Gasteiger partial charge in [0.2, 0.25) is 5.82 Å². The molecule has 4 rings (SSSR count). The van der Waals surface area contributed by atoms with Crippen LogP contribution in [0.15, 0.2) is 47.0 Å². The van der Waals surface area contributed by atoms with Crippen molar-refractivity contribution in [3.05, 3.63) is 59.2 Å². The first-order chi connectivity index (χ1) is 17.4. The lowest BCUT2D eigenvalue weighted by Gasteiger charge is -2.13. The third-order valence-corrected chi connectivity index (χ3v) is 5.79. The van der Waals surface area contributed by atoms with Crippen molar-refractivity contribution < 1.29 is 18.8 Å². The summed E-state index contributed by atoms with van der Waals surface area (Å²) < 4.78 is 16.8. The van der Waals surface area contributed by atoms with E-state index in [1.807, 2.05) is 38.1 Å². The van der Waals surface area contributed by atoms with Crippen molar-refractivity contribution in [2.24, 2.45) is 11.5 Å². The van der Waals surface area contributed by atoms with Gasteiger partial charge in [-0.3, -0.25) is 0 Å². The molecule has 1 aromatic heterocycles. The molecule has 0 spiro atoms. The number of unbranched alkanes of at least 4 members (excludes halogenated alkanes) is 1. The largest absolute Gasteiger partial charge is 0.490 e. The number of nitrogens with zero attached hydrogens (tertiary/aromatic N) is 3. The van der Waals surface area contributed by atoms with Gasteiger partial charge in [-0.1, -0.05) is 29.8 Å². The van der Waals surface area contributed by atoms with Gasteiger partial charge in [0.15, 0.2) is 0 Å². The summed E-state index contributed by atoms with van der Waals surface area (Å²) >= 11 is 0. The zero-order valence-electron chi connectivity index (χ0n) is 20.4. The normalized spacial score (nSPS) is 13.2. The summed E-state index contributed by atoms with van der Waals surface area (Å²) in [6.07, 6.45) is 4.47. The Labute approximate surface area is 209 Å². The van der Waals surface area contributed by atoms with Gasteiger partial charge in [-0.05, 0) is 69.5 Å². The van der Waals surface area contributed by atoms with E-state index >= 15 is 0 Å². The number of nitriles is 1. The molecule has 1 unspecified atom stereocenters. The van der Waals surface area contributed by atoms with E-state index in [2.05, 4.69) is 16.2 Å². The molecule has 4 N–H and O–H groups in total. The van der Waals surface area contributed by atoms with Crippen LogP contribution in [0.1, 0.15) is 49.8 Å². The van der Waals surface area contributed by atoms with Crippen LogP contribution in [0.5, 0.6) is 5.75 Å². The predicted octanol–water partition coefficient (Wildman–Crippen LogP) is 3.96. The van der Waals surface area contributed by atoms with Gasteiger partial charge in [-0.2, -0.15) is 10.2 Å². The Morgan fingerprint density at radius 2 is 2.03 bits per heavy atom. The van der Waals surface area contributed by atoms with Crippen LogP contribution in [0.3, 0.4) is 0 Å². The minimum Gasteiger partial charge on any atom is -0.490 e. The number of benzene rings is 2. The van der Waals surface area contributed by atoms with E-state index in [-0.39, 0.29) is 12.0 Å². The lowest BCUT2D eigenvalue weighted by molar-refractivity contribution is -0.138. The standard InChI is InChI=1S/C27H29N5O4/c1-16(2)34-23-11-9-17(14-18(23)15-29)26-31-25(32-36-26)21-7-5-6-20-19(21)10-12-24(20)35-27(33)22(30)8-3-4-13-28/h5-7,9,11-12,14,16,22H,3-4,8,10,13,28,30H2,1-2H3. The van der Waals surface area contributed by atoms with Gasteiger partial charge in [0.05, 0.1) is 11.7 Å². The van der Waals surface area contributed by atoms with Crippen LogP contribution in [0.4, 0.5) is 0 Å². The zero-order chi connectivity index (χ0) is 25.7. The average molecular weight is 488 g/mol. The molecule has 9 heteroatoms. The molecular weight excluding hydrogens is 458 g/mol. The van der Waals surface area contributed by atoms with Crippen molar-refractivity contribution in [2.45, 2.75) is 51.7 Å². The molecule has 1 aliphatic rings. The Morgan fingerprint density at radius 1 is 1.22 bits per heavy atom. The van der Waals surface area contributed by atoms with Crippen molar-refractivity contribution >= 4 is 11.7 Å².